The van der Waals surface area contributed by atoms with Gasteiger partial charge in [0, 0.05) is 0 Å². The number of aromatic nitrogens is 3. The summed E-state index contributed by atoms with van der Waals surface area (Å²) >= 11 is 0. The molecule has 1 aromatic heterocycles. The first kappa shape index (κ1) is 17.2. The summed E-state index contributed by atoms with van der Waals surface area (Å²) < 4.78 is 43.4. The number of carbonyl (C=O) groups is 1. The first-order valence-electron chi connectivity index (χ1n) is 7.82. The Kier molecular flexibility index (Phi) is 4.65. The molecule has 1 aliphatic carbocycles. The molecule has 0 aliphatic heterocycles. The van der Waals surface area contributed by atoms with Crippen LogP contribution in [0.25, 0.3) is 0 Å². The van der Waals surface area contributed by atoms with Gasteiger partial charge in [0.15, 0.2) is 0 Å². The van der Waals surface area contributed by atoms with Crippen LogP contribution in [0, 0.1) is 0 Å². The van der Waals surface area contributed by atoms with Crippen LogP contribution in [0.1, 0.15) is 53.2 Å². The molecule has 0 amide bonds. The molecule has 2 aromatic rings. The molecular weight excluding hydrogens is 339 g/mol. The largest absolute Gasteiger partial charge is 0.476 e. The number of hydrogen-bond acceptors (Lipinski definition) is 4. The maximum atomic E-state index is 12.6. The number of alkyl halides is 3. The number of hydrogen-bond donors (Lipinski definition) is 2. The summed E-state index contributed by atoms with van der Waals surface area (Å²) in [6.07, 6.45) is -1.69. The van der Waals surface area contributed by atoms with Crippen molar-refractivity contribution in [2.45, 2.75) is 43.9 Å². The average molecular weight is 355 g/mol. The number of carboxylic acids is 1. The molecule has 1 saturated carbocycles. The molecule has 6 nitrogen and oxygen atoms in total. The van der Waals surface area contributed by atoms with Crippen LogP contribution in [0.3, 0.4) is 0 Å². The number of rotatable bonds is 4. The highest BCUT2D eigenvalue weighted by Crippen LogP contribution is 2.36. The fourth-order valence-corrected chi connectivity index (χ4v) is 3.06. The molecule has 0 radical (unpaired) electrons. The van der Waals surface area contributed by atoms with Crippen LogP contribution in [0.5, 0.6) is 5.88 Å². The second-order valence-corrected chi connectivity index (χ2v) is 6.01. The van der Waals surface area contributed by atoms with Crippen molar-refractivity contribution in [3.63, 3.8) is 0 Å². The fraction of sp³-hybridized carbons (Fsp3) is 0.438. The maximum Gasteiger partial charge on any atom is 0.416 e. The van der Waals surface area contributed by atoms with Crippen molar-refractivity contribution >= 4 is 5.97 Å². The Balaban J connectivity index is 1.58. The van der Waals surface area contributed by atoms with Crippen molar-refractivity contribution < 1.29 is 27.8 Å². The first-order chi connectivity index (χ1) is 11.8. The van der Waals surface area contributed by atoms with Crippen molar-refractivity contribution in [3.05, 3.63) is 41.1 Å². The van der Waals surface area contributed by atoms with Crippen LogP contribution in [-0.2, 0) is 6.18 Å². The average Bonchev–Trinajstić information content (AvgIpc) is 3.03. The van der Waals surface area contributed by atoms with E-state index in [0.717, 1.165) is 30.5 Å². The third-order valence-electron chi connectivity index (χ3n) is 4.39. The summed E-state index contributed by atoms with van der Waals surface area (Å²) in [5.41, 5.74) is 0.0319. The number of benzene rings is 1. The van der Waals surface area contributed by atoms with Crippen LogP contribution >= 0.6 is 0 Å². The third-order valence-corrected chi connectivity index (χ3v) is 4.39. The topological polar surface area (TPSA) is 88.1 Å². The Labute approximate surface area is 141 Å². The lowest BCUT2D eigenvalue weighted by atomic mass is 9.82. The van der Waals surface area contributed by atoms with E-state index in [1.165, 1.54) is 12.1 Å². The third kappa shape index (κ3) is 3.92. The van der Waals surface area contributed by atoms with E-state index in [9.17, 15) is 18.0 Å². The zero-order valence-corrected chi connectivity index (χ0v) is 13.1. The Hall–Kier alpha value is -2.58. The Bertz CT molecular complexity index is 735. The second kappa shape index (κ2) is 6.73. The maximum absolute atomic E-state index is 12.6. The van der Waals surface area contributed by atoms with Gasteiger partial charge in [-0.25, -0.2) is 9.89 Å². The molecule has 1 aliphatic rings. The summed E-state index contributed by atoms with van der Waals surface area (Å²) in [5, 5.41) is 18.3. The van der Waals surface area contributed by atoms with E-state index in [2.05, 4.69) is 15.4 Å². The van der Waals surface area contributed by atoms with E-state index in [0.29, 0.717) is 12.8 Å². The van der Waals surface area contributed by atoms with Gasteiger partial charge in [0.1, 0.15) is 6.10 Å². The standard InChI is InChI=1S/C16H16F3N3O3/c17-16(18,19)11-5-1-9(2-6-11)10-3-7-12(8-4-10)25-14-13(15(23)24)20-22-21-14/h1-2,5-6,10,12H,3-4,7-8H2,(H,23,24)(H,20,21,22). The smallest absolute Gasteiger partial charge is 0.416 e. The van der Waals surface area contributed by atoms with Crippen molar-refractivity contribution in [2.75, 3.05) is 0 Å². The summed E-state index contributed by atoms with van der Waals surface area (Å²) in [4.78, 5) is 11.0. The monoisotopic (exact) mass is 355 g/mol. The van der Waals surface area contributed by atoms with Crippen LogP contribution in [-0.4, -0.2) is 32.6 Å². The molecule has 2 N–H and O–H groups in total. The van der Waals surface area contributed by atoms with Crippen LogP contribution < -0.4 is 4.74 Å². The number of halogens is 3. The van der Waals surface area contributed by atoms with Gasteiger partial charge in [-0.1, -0.05) is 22.4 Å². The normalized spacial score (nSPS) is 21.1. The van der Waals surface area contributed by atoms with Gasteiger partial charge in [0.2, 0.25) is 5.69 Å². The van der Waals surface area contributed by atoms with Crippen LogP contribution in [0.4, 0.5) is 13.2 Å². The molecule has 0 spiro atoms. The van der Waals surface area contributed by atoms with Gasteiger partial charge in [-0.3, -0.25) is 0 Å². The molecular formula is C16H16F3N3O3. The Morgan fingerprint density at radius 2 is 1.80 bits per heavy atom. The number of nitrogens with zero attached hydrogens (tertiary/aromatic N) is 2. The number of aromatic amines is 1. The molecule has 0 bridgehead atoms. The summed E-state index contributed by atoms with van der Waals surface area (Å²) in [7, 11) is 0. The zero-order valence-electron chi connectivity index (χ0n) is 13.1. The molecule has 0 unspecified atom stereocenters. The van der Waals surface area contributed by atoms with E-state index >= 15 is 0 Å². The molecule has 1 fully saturated rings. The minimum Gasteiger partial charge on any atom is -0.476 e. The molecule has 134 valence electrons. The lowest BCUT2D eigenvalue weighted by molar-refractivity contribution is -0.137. The van der Waals surface area contributed by atoms with E-state index < -0.39 is 17.7 Å². The lowest BCUT2D eigenvalue weighted by Gasteiger charge is -2.28. The van der Waals surface area contributed by atoms with E-state index in [4.69, 9.17) is 9.84 Å². The zero-order chi connectivity index (χ0) is 18.0. The minimum absolute atomic E-state index is 0.0366. The molecule has 25 heavy (non-hydrogen) atoms. The van der Waals surface area contributed by atoms with E-state index in [-0.39, 0.29) is 23.6 Å². The Morgan fingerprint density at radius 3 is 2.36 bits per heavy atom. The van der Waals surface area contributed by atoms with Crippen molar-refractivity contribution in [1.82, 2.24) is 15.4 Å². The highest BCUT2D eigenvalue weighted by atomic mass is 19.4. The van der Waals surface area contributed by atoms with Gasteiger partial charge >= 0.3 is 12.1 Å². The van der Waals surface area contributed by atoms with Crippen LogP contribution in [0.15, 0.2) is 24.3 Å². The highest BCUT2D eigenvalue weighted by molar-refractivity contribution is 5.87. The molecule has 1 aromatic carbocycles. The summed E-state index contributed by atoms with van der Waals surface area (Å²) in [5.74, 6) is -1.07. The molecule has 0 atom stereocenters. The van der Waals surface area contributed by atoms with Gasteiger partial charge < -0.3 is 9.84 Å². The predicted molar refractivity (Wildman–Crippen MR) is 80.4 cm³/mol. The molecule has 1 heterocycles. The van der Waals surface area contributed by atoms with Gasteiger partial charge in [-0.05, 0) is 49.3 Å². The summed E-state index contributed by atoms with van der Waals surface area (Å²) in [6.45, 7) is 0. The van der Waals surface area contributed by atoms with E-state index in [1.54, 1.807) is 0 Å². The number of ether oxygens (including phenoxy) is 1. The minimum atomic E-state index is -4.33. The van der Waals surface area contributed by atoms with Crippen LogP contribution in [0.2, 0.25) is 0 Å². The fourth-order valence-electron chi connectivity index (χ4n) is 3.06. The number of nitrogens with one attached hydrogen (secondary N) is 1. The van der Waals surface area contributed by atoms with Crippen molar-refractivity contribution in [1.29, 1.82) is 0 Å². The van der Waals surface area contributed by atoms with Gasteiger partial charge in [0.25, 0.3) is 5.88 Å². The summed E-state index contributed by atoms with van der Waals surface area (Å²) in [6, 6.07) is 5.25. The lowest BCUT2D eigenvalue weighted by Crippen LogP contribution is -2.24. The van der Waals surface area contributed by atoms with E-state index in [1.807, 2.05) is 0 Å². The van der Waals surface area contributed by atoms with Gasteiger partial charge in [0.05, 0.1) is 5.56 Å². The molecule has 9 heteroatoms. The first-order valence-corrected chi connectivity index (χ1v) is 7.82. The van der Waals surface area contributed by atoms with Crippen molar-refractivity contribution in [3.8, 4) is 5.88 Å². The van der Waals surface area contributed by atoms with Gasteiger partial charge in [-0.15, -0.1) is 0 Å². The molecule has 3 rings (SSSR count). The quantitative estimate of drug-likeness (QED) is 0.874. The number of carboxylic acid groups (broad SMARTS) is 1. The predicted octanol–water partition coefficient (Wildman–Crippen LogP) is 3.63. The van der Waals surface area contributed by atoms with Crippen molar-refractivity contribution in [2.24, 2.45) is 0 Å². The molecule has 0 saturated heterocycles. The van der Waals surface area contributed by atoms with Gasteiger partial charge in [-0.2, -0.15) is 13.2 Å². The SMILES string of the molecule is O=C(O)c1[nH]nnc1OC1CCC(c2ccc(C(F)(F)F)cc2)CC1. The second-order valence-electron chi connectivity index (χ2n) is 6.01. The number of aromatic carboxylic acids is 1. The Morgan fingerprint density at radius 1 is 1.16 bits per heavy atom. The highest BCUT2D eigenvalue weighted by Gasteiger charge is 2.31. The number of H-pyrrole nitrogens is 1.